The molecule has 0 N–H and O–H groups in total. The summed E-state index contributed by atoms with van der Waals surface area (Å²) in [5.41, 5.74) is 0.499. The molecule has 0 unspecified atom stereocenters. The Bertz CT molecular complexity index is 207. The van der Waals surface area contributed by atoms with E-state index in [1.807, 2.05) is 6.92 Å². The second-order valence-electron chi connectivity index (χ2n) is 2.85. The quantitative estimate of drug-likeness (QED) is 0.272. The molecule has 0 aliphatic heterocycles. The Labute approximate surface area is 85.4 Å². The van der Waals surface area contributed by atoms with Crippen LogP contribution in [0, 0.1) is 0 Å². The van der Waals surface area contributed by atoms with E-state index in [9.17, 15) is 4.79 Å². The summed E-state index contributed by atoms with van der Waals surface area (Å²) >= 11 is 0. The first-order valence-electron chi connectivity index (χ1n) is 4.73. The van der Waals surface area contributed by atoms with Crippen LogP contribution in [0.4, 0.5) is 0 Å². The molecule has 0 aromatic carbocycles. The lowest BCUT2D eigenvalue weighted by Crippen LogP contribution is -2.12. The zero-order valence-electron chi connectivity index (χ0n) is 8.91. The molecule has 0 radical (unpaired) electrons. The van der Waals surface area contributed by atoms with Crippen LogP contribution < -0.4 is 0 Å². The van der Waals surface area contributed by atoms with Crippen molar-refractivity contribution in [3.8, 4) is 0 Å². The van der Waals surface area contributed by atoms with Crippen molar-refractivity contribution >= 4 is 5.97 Å². The zero-order valence-corrected chi connectivity index (χ0v) is 8.91. The van der Waals surface area contributed by atoms with Gasteiger partial charge in [0.2, 0.25) is 0 Å². The molecule has 80 valence electrons. The molecule has 3 nitrogen and oxygen atoms in total. The first-order chi connectivity index (χ1) is 6.76. The smallest absolute Gasteiger partial charge is 0.336 e. The van der Waals surface area contributed by atoms with Crippen LogP contribution in [0.25, 0.3) is 0 Å². The van der Waals surface area contributed by atoms with Gasteiger partial charge in [-0.3, -0.25) is 0 Å². The molecule has 0 saturated carbocycles. The van der Waals surface area contributed by atoms with Gasteiger partial charge in [-0.25, -0.2) is 4.79 Å². The van der Waals surface area contributed by atoms with E-state index in [4.69, 9.17) is 9.47 Å². The number of ether oxygens (including phenoxy) is 2. The number of carbonyl (C=O) groups is 1. The SMILES string of the molecule is C=CC=C(COC)C(=O)OCCCC. The molecule has 0 atom stereocenters. The molecular weight excluding hydrogens is 180 g/mol. The number of hydrogen-bond acceptors (Lipinski definition) is 3. The Kier molecular flexibility index (Phi) is 7.84. The van der Waals surface area contributed by atoms with Crippen LogP contribution >= 0.6 is 0 Å². The van der Waals surface area contributed by atoms with Crippen LogP contribution in [0.2, 0.25) is 0 Å². The maximum atomic E-state index is 11.4. The number of methoxy groups -OCH3 is 1. The fourth-order valence-corrected chi connectivity index (χ4v) is 0.875. The van der Waals surface area contributed by atoms with E-state index < -0.39 is 0 Å². The van der Waals surface area contributed by atoms with Crippen molar-refractivity contribution in [2.75, 3.05) is 20.3 Å². The molecule has 0 saturated heterocycles. The van der Waals surface area contributed by atoms with E-state index in [-0.39, 0.29) is 12.6 Å². The van der Waals surface area contributed by atoms with Gasteiger partial charge in [0.1, 0.15) is 0 Å². The Morgan fingerprint density at radius 2 is 2.21 bits per heavy atom. The second-order valence-corrected chi connectivity index (χ2v) is 2.85. The lowest BCUT2D eigenvalue weighted by atomic mass is 10.2. The van der Waals surface area contributed by atoms with E-state index in [1.54, 1.807) is 12.2 Å². The molecule has 0 spiro atoms. The maximum absolute atomic E-state index is 11.4. The average molecular weight is 198 g/mol. The molecule has 0 heterocycles. The third-order valence-corrected chi connectivity index (χ3v) is 1.61. The topological polar surface area (TPSA) is 35.5 Å². The number of esters is 1. The van der Waals surface area contributed by atoms with Crippen molar-refractivity contribution in [2.24, 2.45) is 0 Å². The highest BCUT2D eigenvalue weighted by Gasteiger charge is 2.08. The van der Waals surface area contributed by atoms with Gasteiger partial charge in [0.15, 0.2) is 0 Å². The van der Waals surface area contributed by atoms with Crippen molar-refractivity contribution in [3.63, 3.8) is 0 Å². The minimum atomic E-state index is -0.319. The predicted molar refractivity (Wildman–Crippen MR) is 56.0 cm³/mol. The number of unbranched alkanes of at least 4 members (excludes halogenated alkanes) is 1. The second kappa shape index (κ2) is 8.51. The lowest BCUT2D eigenvalue weighted by Gasteiger charge is -2.06. The summed E-state index contributed by atoms with van der Waals surface area (Å²) in [5.74, 6) is -0.319. The van der Waals surface area contributed by atoms with Crippen LogP contribution in [0.15, 0.2) is 24.3 Å². The van der Waals surface area contributed by atoms with Gasteiger partial charge < -0.3 is 9.47 Å². The molecule has 0 rings (SSSR count). The third kappa shape index (κ3) is 5.54. The molecule has 0 aromatic rings. The Hall–Kier alpha value is -1.09. The highest BCUT2D eigenvalue weighted by atomic mass is 16.5. The molecule has 0 aliphatic rings. The van der Waals surface area contributed by atoms with Crippen LogP contribution in [0.3, 0.4) is 0 Å². The van der Waals surface area contributed by atoms with Gasteiger partial charge in [-0.2, -0.15) is 0 Å². The van der Waals surface area contributed by atoms with Gasteiger partial charge >= 0.3 is 5.97 Å². The Morgan fingerprint density at radius 1 is 1.50 bits per heavy atom. The van der Waals surface area contributed by atoms with E-state index in [0.29, 0.717) is 12.2 Å². The third-order valence-electron chi connectivity index (χ3n) is 1.61. The first kappa shape index (κ1) is 12.9. The van der Waals surface area contributed by atoms with Gasteiger partial charge in [-0.15, -0.1) is 0 Å². The van der Waals surface area contributed by atoms with Crippen molar-refractivity contribution in [2.45, 2.75) is 19.8 Å². The van der Waals surface area contributed by atoms with Crippen LogP contribution in [-0.4, -0.2) is 26.3 Å². The summed E-state index contributed by atoms with van der Waals surface area (Å²) < 4.78 is 9.88. The molecule has 3 heteroatoms. The van der Waals surface area contributed by atoms with Crippen LogP contribution in [0.5, 0.6) is 0 Å². The average Bonchev–Trinajstić information content (AvgIpc) is 2.18. The van der Waals surface area contributed by atoms with Crippen molar-refractivity contribution in [1.82, 2.24) is 0 Å². The van der Waals surface area contributed by atoms with Gasteiger partial charge in [-0.1, -0.05) is 32.1 Å². The van der Waals surface area contributed by atoms with E-state index in [2.05, 4.69) is 6.58 Å². The molecule has 14 heavy (non-hydrogen) atoms. The van der Waals surface area contributed by atoms with Gasteiger partial charge in [0, 0.05) is 7.11 Å². The number of allylic oxidation sites excluding steroid dienone is 2. The van der Waals surface area contributed by atoms with Gasteiger partial charge in [-0.05, 0) is 6.42 Å². The van der Waals surface area contributed by atoms with Gasteiger partial charge in [0.25, 0.3) is 0 Å². The highest BCUT2D eigenvalue weighted by molar-refractivity contribution is 5.89. The van der Waals surface area contributed by atoms with E-state index in [0.717, 1.165) is 12.8 Å². The largest absolute Gasteiger partial charge is 0.462 e. The fraction of sp³-hybridized carbons (Fsp3) is 0.545. The molecule has 0 bridgehead atoms. The van der Waals surface area contributed by atoms with Gasteiger partial charge in [0.05, 0.1) is 18.8 Å². The summed E-state index contributed by atoms with van der Waals surface area (Å²) in [6.45, 7) is 6.29. The fourth-order valence-electron chi connectivity index (χ4n) is 0.875. The molecule has 0 fully saturated rings. The van der Waals surface area contributed by atoms with Crippen molar-refractivity contribution in [3.05, 3.63) is 24.3 Å². The molecule has 0 amide bonds. The number of carbonyl (C=O) groups excluding carboxylic acids is 1. The standard InChI is InChI=1S/C11H18O3/c1-4-6-8-14-11(12)10(7-5-2)9-13-3/h5,7H,2,4,6,8-9H2,1,3H3. The summed E-state index contributed by atoms with van der Waals surface area (Å²) in [7, 11) is 1.54. The van der Waals surface area contributed by atoms with E-state index in [1.165, 1.54) is 7.11 Å². The number of rotatable bonds is 7. The summed E-state index contributed by atoms with van der Waals surface area (Å²) in [4.78, 5) is 11.4. The van der Waals surface area contributed by atoms with Crippen LogP contribution in [-0.2, 0) is 14.3 Å². The van der Waals surface area contributed by atoms with Crippen molar-refractivity contribution < 1.29 is 14.3 Å². The normalized spacial score (nSPS) is 11.1. The summed E-state index contributed by atoms with van der Waals surface area (Å²) in [5, 5.41) is 0. The molecule has 0 aliphatic carbocycles. The molecule has 0 aromatic heterocycles. The highest BCUT2D eigenvalue weighted by Crippen LogP contribution is 2.00. The molecular formula is C11H18O3. The summed E-state index contributed by atoms with van der Waals surface area (Å²) in [6, 6.07) is 0. The minimum absolute atomic E-state index is 0.261. The van der Waals surface area contributed by atoms with E-state index >= 15 is 0 Å². The zero-order chi connectivity index (χ0) is 10.8. The minimum Gasteiger partial charge on any atom is -0.462 e. The Morgan fingerprint density at radius 3 is 2.71 bits per heavy atom. The monoisotopic (exact) mass is 198 g/mol. The Balaban J connectivity index is 4.02. The predicted octanol–water partition coefficient (Wildman–Crippen LogP) is 2.09. The lowest BCUT2D eigenvalue weighted by molar-refractivity contribution is -0.139. The summed E-state index contributed by atoms with van der Waals surface area (Å²) in [6.07, 6.45) is 5.06. The maximum Gasteiger partial charge on any atom is 0.336 e. The first-order valence-corrected chi connectivity index (χ1v) is 4.73. The van der Waals surface area contributed by atoms with Crippen molar-refractivity contribution in [1.29, 1.82) is 0 Å². The number of hydrogen-bond donors (Lipinski definition) is 0. The van der Waals surface area contributed by atoms with Crippen LogP contribution in [0.1, 0.15) is 19.8 Å².